The number of amides is 1. The Bertz CT molecular complexity index is 703. The number of hydrogen-bond acceptors (Lipinski definition) is 4. The van der Waals surface area contributed by atoms with Gasteiger partial charge in [-0.15, -0.1) is 0 Å². The van der Waals surface area contributed by atoms with Crippen LogP contribution in [-0.2, 0) is 0 Å². The van der Waals surface area contributed by atoms with Crippen molar-refractivity contribution in [2.24, 2.45) is 0 Å². The molecule has 0 unspecified atom stereocenters. The van der Waals surface area contributed by atoms with E-state index in [0.29, 0.717) is 23.8 Å². The SMILES string of the molecule is CCOc1ccc(C(=O)Nc2ccc(OC)c(OC)c2)cc1F. The lowest BCUT2D eigenvalue weighted by Gasteiger charge is -2.11. The Labute approximate surface area is 134 Å². The van der Waals surface area contributed by atoms with Gasteiger partial charge >= 0.3 is 0 Å². The van der Waals surface area contributed by atoms with Crippen molar-refractivity contribution in [3.05, 3.63) is 47.8 Å². The summed E-state index contributed by atoms with van der Waals surface area (Å²) in [5, 5.41) is 2.68. The maximum Gasteiger partial charge on any atom is 0.255 e. The van der Waals surface area contributed by atoms with Crippen molar-refractivity contribution in [2.45, 2.75) is 6.92 Å². The molecule has 0 aromatic heterocycles. The van der Waals surface area contributed by atoms with E-state index in [-0.39, 0.29) is 11.3 Å². The number of ether oxygens (including phenoxy) is 3. The highest BCUT2D eigenvalue weighted by Gasteiger charge is 2.12. The first-order chi connectivity index (χ1) is 11.1. The van der Waals surface area contributed by atoms with E-state index in [0.717, 1.165) is 6.07 Å². The molecule has 0 saturated carbocycles. The first kappa shape index (κ1) is 16.6. The van der Waals surface area contributed by atoms with Gasteiger partial charge in [0.2, 0.25) is 0 Å². The van der Waals surface area contributed by atoms with Crippen LogP contribution in [0.4, 0.5) is 10.1 Å². The molecule has 2 aromatic rings. The number of nitrogens with one attached hydrogen (secondary N) is 1. The van der Waals surface area contributed by atoms with Gasteiger partial charge in [0, 0.05) is 17.3 Å². The number of halogens is 1. The first-order valence-electron chi connectivity index (χ1n) is 7.04. The third-order valence-corrected chi connectivity index (χ3v) is 3.14. The maximum atomic E-state index is 13.8. The monoisotopic (exact) mass is 319 g/mol. The van der Waals surface area contributed by atoms with Crippen LogP contribution in [0.2, 0.25) is 0 Å². The molecule has 0 heterocycles. The molecule has 0 radical (unpaired) electrons. The zero-order valence-electron chi connectivity index (χ0n) is 13.2. The van der Waals surface area contributed by atoms with Crippen molar-refractivity contribution in [1.82, 2.24) is 0 Å². The lowest BCUT2D eigenvalue weighted by atomic mass is 10.2. The van der Waals surface area contributed by atoms with Crippen molar-refractivity contribution in [3.63, 3.8) is 0 Å². The van der Waals surface area contributed by atoms with Crippen LogP contribution in [0.1, 0.15) is 17.3 Å². The molecule has 0 atom stereocenters. The zero-order chi connectivity index (χ0) is 16.8. The summed E-state index contributed by atoms with van der Waals surface area (Å²) < 4.78 is 29.2. The third-order valence-electron chi connectivity index (χ3n) is 3.14. The van der Waals surface area contributed by atoms with Crippen molar-refractivity contribution in [3.8, 4) is 17.2 Å². The second-order valence-electron chi connectivity index (χ2n) is 4.60. The summed E-state index contributed by atoms with van der Waals surface area (Å²) in [5.74, 6) is 0.155. The van der Waals surface area contributed by atoms with E-state index < -0.39 is 11.7 Å². The Kier molecular flexibility index (Phi) is 5.41. The number of rotatable bonds is 6. The normalized spacial score (nSPS) is 10.1. The van der Waals surface area contributed by atoms with Gasteiger partial charge in [-0.05, 0) is 37.3 Å². The van der Waals surface area contributed by atoms with E-state index in [9.17, 15) is 9.18 Å². The number of carbonyl (C=O) groups excluding carboxylic acids is 1. The predicted octanol–water partition coefficient (Wildman–Crippen LogP) is 3.49. The summed E-state index contributed by atoms with van der Waals surface area (Å²) in [6.07, 6.45) is 0. The van der Waals surface area contributed by atoms with Crippen LogP contribution < -0.4 is 19.5 Å². The first-order valence-corrected chi connectivity index (χ1v) is 7.04. The smallest absolute Gasteiger partial charge is 0.255 e. The maximum absolute atomic E-state index is 13.8. The van der Waals surface area contributed by atoms with E-state index in [1.807, 2.05) is 0 Å². The fraction of sp³-hybridized carbons (Fsp3) is 0.235. The van der Waals surface area contributed by atoms with Crippen LogP contribution in [0.3, 0.4) is 0 Å². The van der Waals surface area contributed by atoms with Crippen molar-refractivity contribution >= 4 is 11.6 Å². The van der Waals surface area contributed by atoms with Gasteiger partial charge in [0.15, 0.2) is 23.1 Å². The molecular weight excluding hydrogens is 301 g/mol. The fourth-order valence-electron chi connectivity index (χ4n) is 2.03. The number of hydrogen-bond donors (Lipinski definition) is 1. The quantitative estimate of drug-likeness (QED) is 0.885. The second-order valence-corrected chi connectivity index (χ2v) is 4.60. The zero-order valence-corrected chi connectivity index (χ0v) is 13.2. The van der Waals surface area contributed by atoms with Gasteiger partial charge in [0.05, 0.1) is 20.8 Å². The molecule has 5 nitrogen and oxygen atoms in total. The van der Waals surface area contributed by atoms with Crippen LogP contribution in [0, 0.1) is 5.82 Å². The van der Waals surface area contributed by atoms with Gasteiger partial charge < -0.3 is 19.5 Å². The Hall–Kier alpha value is -2.76. The Morgan fingerprint density at radius 1 is 1.04 bits per heavy atom. The van der Waals surface area contributed by atoms with Crippen molar-refractivity contribution < 1.29 is 23.4 Å². The average molecular weight is 319 g/mol. The number of methoxy groups -OCH3 is 2. The summed E-state index contributed by atoms with van der Waals surface area (Å²) in [6, 6.07) is 9.05. The largest absolute Gasteiger partial charge is 0.493 e. The topological polar surface area (TPSA) is 56.8 Å². The van der Waals surface area contributed by atoms with E-state index in [1.54, 1.807) is 25.1 Å². The lowest BCUT2D eigenvalue weighted by molar-refractivity contribution is 0.102. The molecule has 0 aliphatic rings. The fourth-order valence-corrected chi connectivity index (χ4v) is 2.03. The van der Waals surface area contributed by atoms with E-state index in [1.165, 1.54) is 26.4 Å². The minimum atomic E-state index is -0.577. The van der Waals surface area contributed by atoms with Gasteiger partial charge in [-0.1, -0.05) is 0 Å². The second kappa shape index (κ2) is 7.49. The highest BCUT2D eigenvalue weighted by atomic mass is 19.1. The average Bonchev–Trinajstić information content (AvgIpc) is 2.56. The molecule has 0 saturated heterocycles. The molecule has 23 heavy (non-hydrogen) atoms. The molecule has 0 spiro atoms. The van der Waals surface area contributed by atoms with Crippen LogP contribution >= 0.6 is 0 Å². The molecular formula is C17H18FNO4. The summed E-state index contributed by atoms with van der Waals surface area (Å²) in [6.45, 7) is 2.12. The van der Waals surface area contributed by atoms with Gasteiger partial charge in [-0.3, -0.25) is 4.79 Å². The Balaban J connectivity index is 2.17. The molecule has 0 aliphatic carbocycles. The standard InChI is InChI=1S/C17H18FNO4/c1-4-23-14-7-5-11(9-13(14)18)17(20)19-12-6-8-15(21-2)16(10-12)22-3/h5-10H,4H2,1-3H3,(H,19,20). The van der Waals surface area contributed by atoms with Crippen LogP contribution in [0.5, 0.6) is 17.2 Å². The van der Waals surface area contributed by atoms with E-state index in [2.05, 4.69) is 5.32 Å². The summed E-state index contributed by atoms with van der Waals surface area (Å²) in [4.78, 5) is 12.2. The predicted molar refractivity (Wildman–Crippen MR) is 85.1 cm³/mol. The van der Waals surface area contributed by atoms with Gasteiger partial charge in [0.1, 0.15) is 0 Å². The summed E-state index contributed by atoms with van der Waals surface area (Å²) in [7, 11) is 3.03. The molecule has 2 aromatic carbocycles. The summed E-state index contributed by atoms with van der Waals surface area (Å²) in [5.41, 5.74) is 0.711. The van der Waals surface area contributed by atoms with Crippen LogP contribution in [-0.4, -0.2) is 26.7 Å². The Morgan fingerprint density at radius 2 is 1.74 bits per heavy atom. The lowest BCUT2D eigenvalue weighted by Crippen LogP contribution is -2.12. The van der Waals surface area contributed by atoms with Gasteiger partial charge in [-0.25, -0.2) is 4.39 Å². The molecule has 2 rings (SSSR count). The molecule has 1 N–H and O–H groups in total. The van der Waals surface area contributed by atoms with Crippen molar-refractivity contribution in [1.29, 1.82) is 0 Å². The van der Waals surface area contributed by atoms with Gasteiger partial charge in [-0.2, -0.15) is 0 Å². The molecule has 0 bridgehead atoms. The molecule has 122 valence electrons. The number of anilines is 1. The minimum absolute atomic E-state index is 0.121. The van der Waals surface area contributed by atoms with E-state index >= 15 is 0 Å². The molecule has 1 amide bonds. The molecule has 6 heteroatoms. The highest BCUT2D eigenvalue weighted by Crippen LogP contribution is 2.30. The van der Waals surface area contributed by atoms with Crippen LogP contribution in [0.15, 0.2) is 36.4 Å². The number of carbonyl (C=O) groups is 1. The van der Waals surface area contributed by atoms with E-state index in [4.69, 9.17) is 14.2 Å². The molecule has 0 aliphatic heterocycles. The third kappa shape index (κ3) is 3.91. The van der Waals surface area contributed by atoms with Gasteiger partial charge in [0.25, 0.3) is 5.91 Å². The van der Waals surface area contributed by atoms with Crippen molar-refractivity contribution in [2.75, 3.05) is 26.1 Å². The number of benzene rings is 2. The summed E-state index contributed by atoms with van der Waals surface area (Å²) >= 11 is 0. The molecule has 0 fully saturated rings. The highest BCUT2D eigenvalue weighted by molar-refractivity contribution is 6.04. The minimum Gasteiger partial charge on any atom is -0.493 e. The van der Waals surface area contributed by atoms with Crippen LogP contribution in [0.25, 0.3) is 0 Å². The Morgan fingerprint density at radius 3 is 2.35 bits per heavy atom.